The molecular weight excluding hydrogens is 305 g/mol. The van der Waals surface area contributed by atoms with Gasteiger partial charge in [-0.3, -0.25) is 4.79 Å². The highest BCUT2D eigenvalue weighted by molar-refractivity contribution is 7.86. The Morgan fingerprint density at radius 1 is 1.62 bits per heavy atom. The molecule has 0 saturated carbocycles. The Bertz CT molecular complexity index is 630. The van der Waals surface area contributed by atoms with E-state index in [0.717, 1.165) is 4.90 Å². The molecule has 116 valence electrons. The van der Waals surface area contributed by atoms with Crippen LogP contribution in [0.5, 0.6) is 0 Å². The van der Waals surface area contributed by atoms with E-state index in [9.17, 15) is 27.0 Å². The van der Waals surface area contributed by atoms with Gasteiger partial charge in [0.2, 0.25) is 5.91 Å². The number of rotatable bonds is 6. The monoisotopic (exact) mass is 319 g/mol. The van der Waals surface area contributed by atoms with E-state index in [4.69, 9.17) is 0 Å². The van der Waals surface area contributed by atoms with Crippen molar-refractivity contribution >= 4 is 22.1 Å². The Morgan fingerprint density at radius 2 is 2.33 bits per heavy atom. The minimum atomic E-state index is -4.69. The van der Waals surface area contributed by atoms with Crippen molar-refractivity contribution < 1.29 is 27.0 Å². The largest absolute Gasteiger partial charge is 0.480 e. The zero-order chi connectivity index (χ0) is 15.6. The average molecular weight is 319 g/mol. The van der Waals surface area contributed by atoms with Gasteiger partial charge in [-0.25, -0.2) is 9.78 Å². The van der Waals surface area contributed by atoms with Crippen molar-refractivity contribution in [1.29, 1.82) is 0 Å². The summed E-state index contributed by atoms with van der Waals surface area (Å²) in [5, 5.41) is 9.25. The highest BCUT2D eigenvalue weighted by Crippen LogP contribution is 2.23. The van der Waals surface area contributed by atoms with Gasteiger partial charge in [-0.2, -0.15) is 8.42 Å². The van der Waals surface area contributed by atoms with Crippen LogP contribution in [0.2, 0.25) is 0 Å². The number of nitrogens with zero attached hydrogens (tertiary/aromatic N) is 2. The fraction of sp³-hybridized carbons (Fsp3) is 0.545. The van der Waals surface area contributed by atoms with Crippen molar-refractivity contribution in [2.75, 3.05) is 12.3 Å². The Labute approximate surface area is 120 Å². The van der Waals surface area contributed by atoms with Crippen LogP contribution < -0.4 is 0 Å². The number of H-pyrrole nitrogens is 1. The lowest BCUT2D eigenvalue weighted by atomic mass is 10.1. The van der Waals surface area contributed by atoms with Crippen LogP contribution in [0, 0.1) is 5.92 Å². The Hall–Kier alpha value is -1.97. The van der Waals surface area contributed by atoms with Crippen LogP contribution in [0.1, 0.15) is 12.1 Å². The van der Waals surface area contributed by atoms with Crippen LogP contribution >= 0.6 is 0 Å². The zero-order valence-corrected chi connectivity index (χ0v) is 11.7. The van der Waals surface area contributed by atoms with Crippen molar-refractivity contribution in [2.45, 2.75) is 18.9 Å². The molecule has 2 heterocycles. The van der Waals surface area contributed by atoms with Crippen LogP contribution in [-0.2, 0) is 26.2 Å². The molecule has 2 N–H and O–H groups in total. The predicted molar refractivity (Wildman–Crippen MR) is 68.4 cm³/mol. The fourth-order valence-corrected chi connectivity index (χ4v) is 3.22. The maximum Gasteiger partial charge on any atom is 0.326 e. The standard InChI is InChI=1S/C11H14FN3O5S/c12-21(19,20)5-7-1-10(16)15(4-7)9(11(17)18)2-8-3-13-6-14-8/h3,6-7,9H,1-2,4-5H2,(H,13,14)(H,17,18)/t7?,9-/m0/s1. The maximum atomic E-state index is 12.7. The second-order valence-electron chi connectivity index (χ2n) is 4.96. The molecule has 0 aliphatic carbocycles. The number of hydrogen-bond donors (Lipinski definition) is 2. The number of likely N-dealkylation sites (tertiary alicyclic amines) is 1. The molecule has 2 atom stereocenters. The second kappa shape index (κ2) is 5.80. The third-order valence-corrected chi connectivity index (χ3v) is 4.17. The van der Waals surface area contributed by atoms with Crippen molar-refractivity contribution in [2.24, 2.45) is 5.92 Å². The molecular formula is C11H14FN3O5S. The number of imidazole rings is 1. The van der Waals surface area contributed by atoms with Crippen LogP contribution in [0.3, 0.4) is 0 Å². The molecule has 1 aliphatic heterocycles. The summed E-state index contributed by atoms with van der Waals surface area (Å²) in [7, 11) is -4.69. The Morgan fingerprint density at radius 3 is 2.86 bits per heavy atom. The molecule has 1 unspecified atom stereocenters. The summed E-state index contributed by atoms with van der Waals surface area (Å²) < 4.78 is 33.9. The van der Waals surface area contributed by atoms with E-state index < -0.39 is 39.8 Å². The van der Waals surface area contributed by atoms with Crippen molar-refractivity contribution in [3.63, 3.8) is 0 Å². The van der Waals surface area contributed by atoms with Gasteiger partial charge < -0.3 is 15.0 Å². The molecule has 1 aromatic rings. The van der Waals surface area contributed by atoms with Crippen molar-refractivity contribution in [1.82, 2.24) is 14.9 Å². The summed E-state index contributed by atoms with van der Waals surface area (Å²) in [6, 6.07) is -1.13. The van der Waals surface area contributed by atoms with Crippen LogP contribution in [-0.4, -0.2) is 58.6 Å². The molecule has 0 spiro atoms. The van der Waals surface area contributed by atoms with Gasteiger partial charge in [0.1, 0.15) is 6.04 Å². The number of carbonyl (C=O) groups excluding carboxylic acids is 1. The first-order valence-corrected chi connectivity index (χ1v) is 7.73. The number of halogens is 1. The van der Waals surface area contributed by atoms with Gasteiger partial charge in [0.05, 0.1) is 12.1 Å². The molecule has 1 saturated heterocycles. The number of carboxylic acids is 1. The van der Waals surface area contributed by atoms with Gasteiger partial charge in [-0.1, -0.05) is 0 Å². The zero-order valence-electron chi connectivity index (χ0n) is 10.9. The van der Waals surface area contributed by atoms with Gasteiger partial charge in [-0.05, 0) is 0 Å². The summed E-state index contributed by atoms with van der Waals surface area (Å²) in [5.74, 6) is -3.19. The molecule has 1 fully saturated rings. The van der Waals surface area contributed by atoms with E-state index in [1.165, 1.54) is 12.5 Å². The molecule has 10 heteroatoms. The van der Waals surface area contributed by atoms with Gasteiger partial charge in [0.25, 0.3) is 0 Å². The van der Waals surface area contributed by atoms with Crippen LogP contribution in [0.15, 0.2) is 12.5 Å². The van der Waals surface area contributed by atoms with E-state index in [-0.39, 0.29) is 19.4 Å². The first-order valence-electron chi connectivity index (χ1n) is 6.18. The lowest BCUT2D eigenvalue weighted by molar-refractivity contribution is -0.148. The topological polar surface area (TPSA) is 120 Å². The van der Waals surface area contributed by atoms with Crippen LogP contribution in [0.4, 0.5) is 3.89 Å². The Balaban J connectivity index is 2.10. The highest BCUT2D eigenvalue weighted by atomic mass is 32.3. The van der Waals surface area contributed by atoms with Gasteiger partial charge >= 0.3 is 16.2 Å². The Kier molecular flexibility index (Phi) is 4.26. The van der Waals surface area contributed by atoms with E-state index in [2.05, 4.69) is 9.97 Å². The molecule has 1 amide bonds. The summed E-state index contributed by atoms with van der Waals surface area (Å²) in [4.78, 5) is 30.8. The lowest BCUT2D eigenvalue weighted by Crippen LogP contribution is -2.44. The van der Waals surface area contributed by atoms with Crippen molar-refractivity contribution in [3.05, 3.63) is 18.2 Å². The number of carbonyl (C=O) groups is 2. The highest BCUT2D eigenvalue weighted by Gasteiger charge is 2.39. The molecule has 21 heavy (non-hydrogen) atoms. The SMILES string of the molecule is O=C(O)[C@H](Cc1cnc[nH]1)N1CC(CS(=O)(=O)F)CC1=O. The van der Waals surface area contributed by atoms with Crippen molar-refractivity contribution in [3.8, 4) is 0 Å². The normalized spacial score (nSPS) is 20.7. The summed E-state index contributed by atoms with van der Waals surface area (Å²) in [6.07, 6.45) is 2.69. The number of hydrogen-bond acceptors (Lipinski definition) is 5. The first kappa shape index (κ1) is 15.4. The second-order valence-corrected chi connectivity index (χ2v) is 6.37. The maximum absolute atomic E-state index is 12.7. The lowest BCUT2D eigenvalue weighted by Gasteiger charge is -2.24. The van der Waals surface area contributed by atoms with E-state index in [1.54, 1.807) is 0 Å². The van der Waals surface area contributed by atoms with Gasteiger partial charge in [0.15, 0.2) is 0 Å². The number of carboxylic acid groups (broad SMARTS) is 1. The minimum Gasteiger partial charge on any atom is -0.480 e. The van der Waals surface area contributed by atoms with E-state index in [0.29, 0.717) is 5.69 Å². The molecule has 0 radical (unpaired) electrons. The van der Waals surface area contributed by atoms with Gasteiger partial charge in [0, 0.05) is 37.2 Å². The van der Waals surface area contributed by atoms with E-state index >= 15 is 0 Å². The number of aliphatic carboxylic acids is 1. The third-order valence-electron chi connectivity index (χ3n) is 3.30. The van der Waals surface area contributed by atoms with Gasteiger partial charge in [-0.15, -0.1) is 3.89 Å². The average Bonchev–Trinajstić information content (AvgIpc) is 2.93. The molecule has 1 aromatic heterocycles. The minimum absolute atomic E-state index is 0.0240. The van der Waals surface area contributed by atoms with E-state index in [1.807, 2.05) is 0 Å². The fourth-order valence-electron chi connectivity index (χ4n) is 2.44. The summed E-state index contributed by atoms with van der Waals surface area (Å²) in [5.41, 5.74) is 0.539. The summed E-state index contributed by atoms with van der Waals surface area (Å²) in [6.45, 7) is -0.0902. The molecule has 0 aromatic carbocycles. The molecule has 1 aliphatic rings. The number of aromatic nitrogens is 2. The van der Waals surface area contributed by atoms with Crippen LogP contribution in [0.25, 0.3) is 0 Å². The number of aromatic amines is 1. The quantitative estimate of drug-likeness (QED) is 0.685. The third kappa shape index (κ3) is 4.00. The first-order chi connectivity index (χ1) is 9.76. The molecule has 8 nitrogen and oxygen atoms in total. The number of amides is 1. The smallest absolute Gasteiger partial charge is 0.326 e. The molecule has 0 bridgehead atoms. The summed E-state index contributed by atoms with van der Waals surface area (Å²) >= 11 is 0. The molecule has 2 rings (SSSR count). The number of nitrogens with one attached hydrogen (secondary N) is 1. The predicted octanol–water partition coefficient (Wildman–Crippen LogP) is -0.447.